The third-order valence-electron chi connectivity index (χ3n) is 1.98. The van der Waals surface area contributed by atoms with Crippen LogP contribution in [0.3, 0.4) is 0 Å². The van der Waals surface area contributed by atoms with Gasteiger partial charge in [0.05, 0.1) is 5.70 Å². The van der Waals surface area contributed by atoms with E-state index in [9.17, 15) is 4.79 Å². The van der Waals surface area contributed by atoms with E-state index >= 15 is 0 Å². The Morgan fingerprint density at radius 1 is 1.14 bits per heavy atom. The quantitative estimate of drug-likeness (QED) is 0.738. The summed E-state index contributed by atoms with van der Waals surface area (Å²) in [5.41, 5.74) is 7.29. The molecule has 0 fully saturated rings. The second kappa shape index (κ2) is 3.72. The standard InChI is InChI=1S/C10H9ClN2O/c11-8-3-1-7(2-4-8)9-5-6-10(14)13-12-9/h1-5,12H,6H2,(H,13,14). The lowest BCUT2D eigenvalue weighted by atomic mass is 10.1. The minimum Gasteiger partial charge on any atom is -0.298 e. The molecular weight excluding hydrogens is 200 g/mol. The van der Waals surface area contributed by atoms with Crippen molar-refractivity contribution in [2.24, 2.45) is 0 Å². The van der Waals surface area contributed by atoms with Gasteiger partial charge in [0.2, 0.25) is 5.91 Å². The maximum atomic E-state index is 10.9. The van der Waals surface area contributed by atoms with E-state index in [0.29, 0.717) is 11.4 Å². The predicted octanol–water partition coefficient (Wildman–Crippen LogP) is 1.71. The summed E-state index contributed by atoms with van der Waals surface area (Å²) >= 11 is 5.76. The fourth-order valence-corrected chi connectivity index (χ4v) is 1.38. The predicted molar refractivity (Wildman–Crippen MR) is 55.3 cm³/mol. The van der Waals surface area contributed by atoms with Gasteiger partial charge in [-0.3, -0.25) is 15.6 Å². The molecule has 0 saturated carbocycles. The summed E-state index contributed by atoms with van der Waals surface area (Å²) < 4.78 is 0. The maximum absolute atomic E-state index is 10.9. The Balaban J connectivity index is 2.23. The zero-order chi connectivity index (χ0) is 9.97. The SMILES string of the molecule is O=C1CC=C(c2ccc(Cl)cc2)NN1. The first-order chi connectivity index (χ1) is 6.75. The molecular formula is C10H9ClN2O. The van der Waals surface area contributed by atoms with Crippen LogP contribution in [-0.2, 0) is 4.79 Å². The molecule has 2 rings (SSSR count). The zero-order valence-corrected chi connectivity index (χ0v) is 8.14. The van der Waals surface area contributed by atoms with Gasteiger partial charge in [0.15, 0.2) is 0 Å². The highest BCUT2D eigenvalue weighted by molar-refractivity contribution is 6.30. The molecule has 0 aromatic heterocycles. The van der Waals surface area contributed by atoms with Gasteiger partial charge in [-0.25, -0.2) is 0 Å². The van der Waals surface area contributed by atoms with Crippen LogP contribution in [0.2, 0.25) is 5.02 Å². The van der Waals surface area contributed by atoms with Crippen molar-refractivity contribution in [3.05, 3.63) is 40.9 Å². The van der Waals surface area contributed by atoms with E-state index in [2.05, 4.69) is 10.9 Å². The van der Waals surface area contributed by atoms with Gasteiger partial charge in [0, 0.05) is 11.4 Å². The van der Waals surface area contributed by atoms with Gasteiger partial charge in [-0.15, -0.1) is 0 Å². The molecule has 1 aliphatic heterocycles. The number of rotatable bonds is 1. The van der Waals surface area contributed by atoms with Crippen molar-refractivity contribution in [1.82, 2.24) is 10.9 Å². The number of carbonyl (C=O) groups is 1. The summed E-state index contributed by atoms with van der Waals surface area (Å²) in [6.45, 7) is 0. The number of hydrogen-bond donors (Lipinski definition) is 2. The lowest BCUT2D eigenvalue weighted by Crippen LogP contribution is -2.38. The summed E-state index contributed by atoms with van der Waals surface area (Å²) in [4.78, 5) is 10.9. The normalized spacial score (nSPS) is 15.5. The van der Waals surface area contributed by atoms with E-state index in [4.69, 9.17) is 11.6 Å². The molecule has 0 atom stereocenters. The van der Waals surface area contributed by atoms with Crippen molar-refractivity contribution in [1.29, 1.82) is 0 Å². The highest BCUT2D eigenvalue weighted by Gasteiger charge is 2.09. The van der Waals surface area contributed by atoms with Crippen LogP contribution in [0.5, 0.6) is 0 Å². The first-order valence-corrected chi connectivity index (χ1v) is 4.64. The summed E-state index contributed by atoms with van der Waals surface area (Å²) in [5.74, 6) is -0.0253. The highest BCUT2D eigenvalue weighted by atomic mass is 35.5. The second-order valence-electron chi connectivity index (χ2n) is 3.00. The van der Waals surface area contributed by atoms with Crippen LogP contribution in [0.15, 0.2) is 30.3 Å². The van der Waals surface area contributed by atoms with Crippen LogP contribution in [-0.4, -0.2) is 5.91 Å². The van der Waals surface area contributed by atoms with Crippen molar-refractivity contribution < 1.29 is 4.79 Å². The highest BCUT2D eigenvalue weighted by Crippen LogP contribution is 2.16. The van der Waals surface area contributed by atoms with Crippen molar-refractivity contribution in [2.75, 3.05) is 0 Å². The molecule has 1 amide bonds. The zero-order valence-electron chi connectivity index (χ0n) is 7.38. The second-order valence-corrected chi connectivity index (χ2v) is 3.44. The Morgan fingerprint density at radius 3 is 2.43 bits per heavy atom. The molecule has 4 heteroatoms. The molecule has 0 radical (unpaired) electrons. The Labute approximate surface area is 86.7 Å². The lowest BCUT2D eigenvalue weighted by molar-refractivity contribution is -0.121. The van der Waals surface area contributed by atoms with E-state index in [1.165, 1.54) is 0 Å². The van der Waals surface area contributed by atoms with E-state index in [1.807, 2.05) is 30.3 Å². The number of carbonyl (C=O) groups excluding carboxylic acids is 1. The molecule has 1 heterocycles. The van der Waals surface area contributed by atoms with Crippen LogP contribution >= 0.6 is 11.6 Å². The monoisotopic (exact) mass is 208 g/mol. The number of nitrogens with one attached hydrogen (secondary N) is 2. The number of amides is 1. The summed E-state index contributed by atoms with van der Waals surface area (Å²) in [6.07, 6.45) is 2.26. The minimum atomic E-state index is -0.0253. The van der Waals surface area contributed by atoms with Crippen LogP contribution in [0.25, 0.3) is 5.70 Å². The van der Waals surface area contributed by atoms with E-state index in [-0.39, 0.29) is 5.91 Å². The number of hydrogen-bond acceptors (Lipinski definition) is 2. The average molecular weight is 209 g/mol. The van der Waals surface area contributed by atoms with Crippen LogP contribution in [0, 0.1) is 0 Å². The molecule has 2 N–H and O–H groups in total. The van der Waals surface area contributed by atoms with Gasteiger partial charge in [-0.1, -0.05) is 23.7 Å². The topological polar surface area (TPSA) is 41.1 Å². The van der Waals surface area contributed by atoms with E-state index < -0.39 is 0 Å². The fraction of sp³-hybridized carbons (Fsp3) is 0.100. The Bertz CT molecular complexity index is 384. The van der Waals surface area contributed by atoms with Gasteiger partial charge in [-0.2, -0.15) is 0 Å². The third-order valence-corrected chi connectivity index (χ3v) is 2.24. The van der Waals surface area contributed by atoms with Gasteiger partial charge >= 0.3 is 0 Å². The first-order valence-electron chi connectivity index (χ1n) is 4.26. The summed E-state index contributed by atoms with van der Waals surface area (Å²) in [6, 6.07) is 7.43. The largest absolute Gasteiger partial charge is 0.298 e. The average Bonchev–Trinajstić information content (AvgIpc) is 2.21. The summed E-state index contributed by atoms with van der Waals surface area (Å²) in [7, 11) is 0. The Kier molecular flexibility index (Phi) is 2.41. The Hall–Kier alpha value is -1.48. The molecule has 1 aliphatic rings. The first kappa shape index (κ1) is 9.09. The van der Waals surface area contributed by atoms with E-state index in [1.54, 1.807) is 0 Å². The van der Waals surface area contributed by atoms with E-state index in [0.717, 1.165) is 11.3 Å². The molecule has 0 spiro atoms. The number of benzene rings is 1. The summed E-state index contributed by atoms with van der Waals surface area (Å²) in [5, 5.41) is 0.703. The lowest BCUT2D eigenvalue weighted by Gasteiger charge is -2.16. The number of hydrazine groups is 1. The fourth-order valence-electron chi connectivity index (χ4n) is 1.25. The maximum Gasteiger partial charge on any atom is 0.242 e. The van der Waals surface area contributed by atoms with Gasteiger partial charge in [0.1, 0.15) is 0 Å². The van der Waals surface area contributed by atoms with Crippen molar-refractivity contribution in [3.63, 3.8) is 0 Å². The molecule has 0 aliphatic carbocycles. The van der Waals surface area contributed by atoms with Crippen LogP contribution in [0.1, 0.15) is 12.0 Å². The molecule has 3 nitrogen and oxygen atoms in total. The molecule has 0 saturated heterocycles. The molecule has 0 bridgehead atoms. The van der Waals surface area contributed by atoms with Crippen molar-refractivity contribution in [2.45, 2.75) is 6.42 Å². The molecule has 0 unspecified atom stereocenters. The third kappa shape index (κ3) is 1.88. The molecule has 1 aromatic rings. The van der Waals surface area contributed by atoms with Crippen LogP contribution in [0.4, 0.5) is 0 Å². The smallest absolute Gasteiger partial charge is 0.242 e. The van der Waals surface area contributed by atoms with Crippen molar-refractivity contribution in [3.8, 4) is 0 Å². The van der Waals surface area contributed by atoms with Crippen LogP contribution < -0.4 is 10.9 Å². The number of halogens is 1. The van der Waals surface area contributed by atoms with Crippen molar-refractivity contribution >= 4 is 23.2 Å². The van der Waals surface area contributed by atoms with Gasteiger partial charge in [-0.05, 0) is 23.8 Å². The molecule has 1 aromatic carbocycles. The molecule has 14 heavy (non-hydrogen) atoms. The van der Waals surface area contributed by atoms with Gasteiger partial charge in [0.25, 0.3) is 0 Å². The minimum absolute atomic E-state index is 0.0253. The Morgan fingerprint density at radius 2 is 1.86 bits per heavy atom. The molecule has 72 valence electrons. The van der Waals surface area contributed by atoms with Gasteiger partial charge < -0.3 is 0 Å².